The fourth-order valence-electron chi connectivity index (χ4n) is 3.39. The van der Waals surface area contributed by atoms with Gasteiger partial charge >= 0.3 is 0 Å². The van der Waals surface area contributed by atoms with Gasteiger partial charge in [0.25, 0.3) is 5.56 Å². The predicted octanol–water partition coefficient (Wildman–Crippen LogP) is 2.27. The number of piperazine rings is 1. The summed E-state index contributed by atoms with van der Waals surface area (Å²) in [5, 5.41) is 8.47. The number of carbonyl (C=O) groups excluding carboxylic acids is 1. The van der Waals surface area contributed by atoms with E-state index < -0.39 is 0 Å². The molecule has 1 N–H and O–H groups in total. The van der Waals surface area contributed by atoms with E-state index in [1.54, 1.807) is 0 Å². The molecule has 0 atom stereocenters. The van der Waals surface area contributed by atoms with E-state index in [4.69, 9.17) is 0 Å². The zero-order chi connectivity index (χ0) is 20.8. The smallest absolute Gasteiger partial charge is 0.278 e. The van der Waals surface area contributed by atoms with Gasteiger partial charge in [0.15, 0.2) is 10.9 Å². The minimum Gasteiger partial charge on any atom is -0.339 e. The summed E-state index contributed by atoms with van der Waals surface area (Å²) in [6, 6.07) is 19.6. The predicted molar refractivity (Wildman–Crippen MR) is 117 cm³/mol. The van der Waals surface area contributed by atoms with Crippen LogP contribution in [0.1, 0.15) is 5.56 Å². The molecule has 7 nitrogen and oxygen atoms in total. The van der Waals surface area contributed by atoms with Crippen molar-refractivity contribution in [1.29, 1.82) is 0 Å². The highest BCUT2D eigenvalue weighted by atomic mass is 32.2. The molecule has 2 aromatic carbocycles. The molecule has 154 valence electrons. The normalized spacial score (nSPS) is 14.6. The molecule has 0 radical (unpaired) electrons. The second-order valence-electron chi connectivity index (χ2n) is 7.11. The minimum atomic E-state index is -0.305. The number of H-pyrrole nitrogens is 1. The Hall–Kier alpha value is -2.97. The molecule has 0 unspecified atom stereocenters. The van der Waals surface area contributed by atoms with Gasteiger partial charge in [-0.15, -0.1) is 10.2 Å². The zero-order valence-corrected chi connectivity index (χ0v) is 17.3. The Kier molecular flexibility index (Phi) is 6.56. The minimum absolute atomic E-state index is 0.0501. The summed E-state index contributed by atoms with van der Waals surface area (Å²) in [7, 11) is 0. The van der Waals surface area contributed by atoms with Crippen LogP contribution in [-0.2, 0) is 11.3 Å². The maximum Gasteiger partial charge on any atom is 0.278 e. The van der Waals surface area contributed by atoms with Gasteiger partial charge in [0.2, 0.25) is 5.91 Å². The Morgan fingerprint density at radius 2 is 1.60 bits per heavy atom. The van der Waals surface area contributed by atoms with Crippen molar-refractivity contribution in [1.82, 2.24) is 25.0 Å². The zero-order valence-electron chi connectivity index (χ0n) is 16.5. The number of nitrogens with one attached hydrogen (secondary N) is 1. The number of benzene rings is 2. The van der Waals surface area contributed by atoms with Gasteiger partial charge in [-0.2, -0.15) is 0 Å². The standard InChI is InChI=1S/C22H23N5O2S/c28-19(27-13-11-26(12-14-27)15-17-7-3-1-4-8-17)16-30-22-23-21(29)20(24-25-22)18-9-5-2-6-10-18/h1-10H,11-16H2,(H,23,25,29). The number of aromatic nitrogens is 3. The highest BCUT2D eigenvalue weighted by molar-refractivity contribution is 7.99. The molecule has 0 saturated carbocycles. The first-order valence-corrected chi connectivity index (χ1v) is 10.9. The van der Waals surface area contributed by atoms with Gasteiger partial charge in [-0.3, -0.25) is 19.5 Å². The first-order valence-electron chi connectivity index (χ1n) is 9.88. The number of carbonyl (C=O) groups is 1. The highest BCUT2D eigenvalue weighted by Crippen LogP contribution is 2.15. The van der Waals surface area contributed by atoms with Crippen molar-refractivity contribution in [2.24, 2.45) is 0 Å². The van der Waals surface area contributed by atoms with Crippen molar-refractivity contribution in [3.63, 3.8) is 0 Å². The molecule has 0 aliphatic carbocycles. The average Bonchev–Trinajstić information content (AvgIpc) is 2.79. The van der Waals surface area contributed by atoms with Crippen LogP contribution in [0, 0.1) is 0 Å². The third-order valence-electron chi connectivity index (χ3n) is 5.03. The molecule has 1 aliphatic heterocycles. The van der Waals surface area contributed by atoms with Crippen LogP contribution in [0.2, 0.25) is 0 Å². The summed E-state index contributed by atoms with van der Waals surface area (Å²) in [4.78, 5) is 31.8. The second kappa shape index (κ2) is 9.69. The number of amides is 1. The van der Waals surface area contributed by atoms with Crippen molar-refractivity contribution >= 4 is 17.7 Å². The molecule has 1 saturated heterocycles. The monoisotopic (exact) mass is 421 g/mol. The highest BCUT2D eigenvalue weighted by Gasteiger charge is 2.21. The number of hydrogen-bond acceptors (Lipinski definition) is 6. The van der Waals surface area contributed by atoms with Gasteiger partial charge in [0.05, 0.1) is 5.75 Å². The van der Waals surface area contributed by atoms with E-state index in [2.05, 4.69) is 32.2 Å². The van der Waals surface area contributed by atoms with E-state index in [-0.39, 0.29) is 22.9 Å². The molecule has 30 heavy (non-hydrogen) atoms. The van der Waals surface area contributed by atoms with Gasteiger partial charge in [-0.05, 0) is 5.56 Å². The largest absolute Gasteiger partial charge is 0.339 e. The molecule has 1 aliphatic rings. The van der Waals surface area contributed by atoms with Crippen LogP contribution in [0.4, 0.5) is 0 Å². The van der Waals surface area contributed by atoms with Crippen molar-refractivity contribution in [2.45, 2.75) is 11.7 Å². The topological polar surface area (TPSA) is 82.2 Å². The summed E-state index contributed by atoms with van der Waals surface area (Å²) in [5.74, 6) is 0.280. The molecule has 8 heteroatoms. The molecule has 3 aromatic rings. The molecule has 4 rings (SSSR count). The van der Waals surface area contributed by atoms with Crippen LogP contribution < -0.4 is 5.56 Å². The summed E-state index contributed by atoms with van der Waals surface area (Å²) in [6.45, 7) is 4.03. The fraction of sp³-hybridized carbons (Fsp3) is 0.273. The second-order valence-corrected chi connectivity index (χ2v) is 8.07. The summed E-state index contributed by atoms with van der Waals surface area (Å²) in [6.07, 6.45) is 0. The number of aromatic amines is 1. The summed E-state index contributed by atoms with van der Waals surface area (Å²) < 4.78 is 0. The lowest BCUT2D eigenvalue weighted by atomic mass is 10.2. The van der Waals surface area contributed by atoms with Crippen LogP contribution in [0.5, 0.6) is 0 Å². The van der Waals surface area contributed by atoms with E-state index in [1.165, 1.54) is 17.3 Å². The molecular weight excluding hydrogens is 398 g/mol. The first-order chi connectivity index (χ1) is 14.7. The van der Waals surface area contributed by atoms with Gasteiger partial charge in [-0.25, -0.2) is 0 Å². The van der Waals surface area contributed by atoms with Crippen molar-refractivity contribution in [3.8, 4) is 11.3 Å². The Morgan fingerprint density at radius 1 is 0.933 bits per heavy atom. The third-order valence-corrected chi connectivity index (χ3v) is 5.88. The van der Waals surface area contributed by atoms with Crippen LogP contribution in [0.3, 0.4) is 0 Å². The van der Waals surface area contributed by atoms with E-state index in [0.717, 1.165) is 19.6 Å². The lowest BCUT2D eigenvalue weighted by Gasteiger charge is -2.34. The molecule has 1 fully saturated rings. The number of thioether (sulfide) groups is 1. The maximum atomic E-state index is 12.6. The molecule has 0 spiro atoms. The third kappa shape index (κ3) is 5.14. The quantitative estimate of drug-likeness (QED) is 0.615. The van der Waals surface area contributed by atoms with Gasteiger partial charge < -0.3 is 4.90 Å². The van der Waals surface area contributed by atoms with Gasteiger partial charge in [-0.1, -0.05) is 72.4 Å². The van der Waals surface area contributed by atoms with Crippen LogP contribution in [0.15, 0.2) is 70.6 Å². The lowest BCUT2D eigenvalue weighted by molar-refractivity contribution is -0.130. The number of nitrogens with zero attached hydrogens (tertiary/aromatic N) is 4. The molecule has 1 aromatic heterocycles. The Bertz CT molecular complexity index is 1030. The van der Waals surface area contributed by atoms with E-state index >= 15 is 0 Å². The van der Waals surface area contributed by atoms with Crippen LogP contribution in [0.25, 0.3) is 11.3 Å². The van der Waals surface area contributed by atoms with Crippen molar-refractivity contribution in [3.05, 3.63) is 76.6 Å². The Morgan fingerprint density at radius 3 is 2.27 bits per heavy atom. The number of hydrogen-bond donors (Lipinski definition) is 1. The SMILES string of the molecule is O=C(CSc1nnc(-c2ccccc2)c(=O)[nH]1)N1CCN(Cc2ccccc2)CC1. The Balaban J connectivity index is 1.27. The Labute approximate surface area is 179 Å². The lowest BCUT2D eigenvalue weighted by Crippen LogP contribution is -2.48. The summed E-state index contributed by atoms with van der Waals surface area (Å²) in [5.41, 5.74) is 1.98. The molecular formula is C22H23N5O2S. The van der Waals surface area contributed by atoms with Gasteiger partial charge in [0, 0.05) is 38.3 Å². The molecule has 2 heterocycles. The number of rotatable bonds is 6. The average molecular weight is 422 g/mol. The maximum absolute atomic E-state index is 12.6. The molecule has 0 bridgehead atoms. The first kappa shape index (κ1) is 20.3. The van der Waals surface area contributed by atoms with E-state index in [0.29, 0.717) is 23.8 Å². The summed E-state index contributed by atoms with van der Waals surface area (Å²) >= 11 is 1.21. The van der Waals surface area contributed by atoms with E-state index in [9.17, 15) is 9.59 Å². The van der Waals surface area contributed by atoms with Gasteiger partial charge in [0.1, 0.15) is 0 Å². The van der Waals surface area contributed by atoms with E-state index in [1.807, 2.05) is 53.4 Å². The van der Waals surface area contributed by atoms with Crippen LogP contribution in [-0.4, -0.2) is 62.8 Å². The van der Waals surface area contributed by atoms with Crippen molar-refractivity contribution < 1.29 is 4.79 Å². The molecule has 1 amide bonds. The fourth-order valence-corrected chi connectivity index (χ4v) is 4.10. The van der Waals surface area contributed by atoms with Crippen molar-refractivity contribution in [2.75, 3.05) is 31.9 Å². The van der Waals surface area contributed by atoms with Crippen LogP contribution >= 0.6 is 11.8 Å².